The van der Waals surface area contributed by atoms with Gasteiger partial charge in [-0.15, -0.1) is 0 Å². The molecular formula is C37H70O5. The molecule has 5 heteroatoms. The van der Waals surface area contributed by atoms with E-state index >= 15 is 0 Å². The monoisotopic (exact) mass is 595 g/mol. The first-order chi connectivity index (χ1) is 20.5. The van der Waals surface area contributed by atoms with Gasteiger partial charge >= 0.3 is 0 Å². The average molecular weight is 595 g/mol. The fourth-order valence-corrected chi connectivity index (χ4v) is 5.54. The lowest BCUT2D eigenvalue weighted by molar-refractivity contribution is -0.146. The van der Waals surface area contributed by atoms with Crippen LogP contribution in [-0.2, 0) is 9.59 Å². The molecular weight excluding hydrogens is 524 g/mol. The van der Waals surface area contributed by atoms with Gasteiger partial charge in [-0.05, 0) is 38.5 Å². The van der Waals surface area contributed by atoms with Crippen molar-refractivity contribution >= 4 is 11.6 Å². The van der Waals surface area contributed by atoms with Crippen molar-refractivity contribution in [3.05, 3.63) is 12.2 Å². The van der Waals surface area contributed by atoms with Crippen molar-refractivity contribution in [1.82, 2.24) is 0 Å². The van der Waals surface area contributed by atoms with E-state index in [0.29, 0.717) is 12.8 Å². The second kappa shape index (κ2) is 31.4. The molecule has 5 nitrogen and oxygen atoms in total. The molecule has 3 unspecified atom stereocenters. The molecule has 0 heterocycles. The molecule has 0 aromatic carbocycles. The number of aliphatic hydroxyl groups excluding tert-OH is 3. The Bertz CT molecular complexity index is 632. The summed E-state index contributed by atoms with van der Waals surface area (Å²) in [7, 11) is 0. The first-order valence-electron chi connectivity index (χ1n) is 18.2. The summed E-state index contributed by atoms with van der Waals surface area (Å²) in [6.07, 6.45) is 30.7. The number of ketones is 2. The third-order valence-electron chi connectivity index (χ3n) is 8.52. The normalized spacial score (nSPS) is 13.9. The number of hydrogen-bond acceptors (Lipinski definition) is 5. The summed E-state index contributed by atoms with van der Waals surface area (Å²) in [4.78, 5) is 24.6. The van der Waals surface area contributed by atoms with Gasteiger partial charge in [-0.25, -0.2) is 0 Å². The van der Waals surface area contributed by atoms with Crippen LogP contribution in [0.4, 0.5) is 0 Å². The highest BCUT2D eigenvalue weighted by Gasteiger charge is 2.33. The van der Waals surface area contributed by atoms with Crippen LogP contribution >= 0.6 is 0 Å². The topological polar surface area (TPSA) is 94.8 Å². The minimum absolute atomic E-state index is 0.163. The third kappa shape index (κ3) is 25.5. The molecule has 0 saturated carbocycles. The molecule has 0 amide bonds. The summed E-state index contributed by atoms with van der Waals surface area (Å²) in [5.41, 5.74) is 0. The van der Waals surface area contributed by atoms with Crippen LogP contribution in [0.1, 0.15) is 194 Å². The van der Waals surface area contributed by atoms with Crippen LogP contribution in [-0.4, -0.2) is 45.2 Å². The van der Waals surface area contributed by atoms with E-state index in [1.54, 1.807) is 0 Å². The van der Waals surface area contributed by atoms with Crippen molar-refractivity contribution in [3.8, 4) is 0 Å². The van der Waals surface area contributed by atoms with Crippen LogP contribution in [0, 0.1) is 0 Å². The van der Waals surface area contributed by atoms with Gasteiger partial charge in [-0.1, -0.05) is 154 Å². The second-order valence-corrected chi connectivity index (χ2v) is 12.6. The molecule has 248 valence electrons. The highest BCUT2D eigenvalue weighted by atomic mass is 16.4. The van der Waals surface area contributed by atoms with Crippen LogP contribution in [0.25, 0.3) is 0 Å². The Labute approximate surface area is 260 Å². The van der Waals surface area contributed by atoms with Gasteiger partial charge in [0, 0.05) is 12.8 Å². The fraction of sp³-hybridized carbons (Fsp3) is 0.892. The summed E-state index contributed by atoms with van der Waals surface area (Å²) >= 11 is 0. The Morgan fingerprint density at radius 2 is 0.690 bits per heavy atom. The largest absolute Gasteiger partial charge is 0.387 e. The summed E-state index contributed by atoms with van der Waals surface area (Å²) in [6, 6.07) is 0. The molecule has 0 bridgehead atoms. The van der Waals surface area contributed by atoms with Gasteiger partial charge in [0.25, 0.3) is 0 Å². The Balaban J connectivity index is 3.73. The first-order valence-corrected chi connectivity index (χ1v) is 18.2. The molecule has 3 N–H and O–H groups in total. The zero-order valence-corrected chi connectivity index (χ0v) is 27.8. The van der Waals surface area contributed by atoms with Crippen LogP contribution in [0.3, 0.4) is 0 Å². The third-order valence-corrected chi connectivity index (χ3v) is 8.52. The standard InChI is InChI=1S/C37H70O5/c1-3-5-7-9-11-13-15-17-18-20-22-24-26-28-30-32-34(39)36(41)37(42)35(40)33(38)31-29-27-25-23-21-19-16-14-12-10-8-6-4-2/h17-18,35-37,40-42H,3-16,19-32H2,1-2H3. The van der Waals surface area contributed by atoms with E-state index in [9.17, 15) is 24.9 Å². The number of Topliss-reactive ketones (excluding diaryl/α,β-unsaturated/α-hetero) is 2. The SMILES string of the molecule is CCCCCCCCC=CCCCCCCCC(=O)C(O)C(O)C(O)C(=O)CCCCCCCCCCCCCCC. The number of aliphatic hydroxyl groups is 3. The summed E-state index contributed by atoms with van der Waals surface area (Å²) in [5, 5.41) is 30.6. The maximum atomic E-state index is 12.3. The molecule has 0 aliphatic carbocycles. The van der Waals surface area contributed by atoms with E-state index in [0.717, 1.165) is 44.9 Å². The maximum absolute atomic E-state index is 12.3. The number of carbonyl (C=O) groups excluding carboxylic acids is 2. The number of carbonyl (C=O) groups is 2. The van der Waals surface area contributed by atoms with Crippen LogP contribution < -0.4 is 0 Å². The predicted molar refractivity (Wildman–Crippen MR) is 178 cm³/mol. The number of allylic oxidation sites excluding steroid dienone is 2. The molecule has 0 aliphatic rings. The van der Waals surface area contributed by atoms with E-state index in [1.807, 2.05) is 0 Å². The van der Waals surface area contributed by atoms with E-state index in [1.165, 1.54) is 109 Å². The highest BCUT2D eigenvalue weighted by molar-refractivity contribution is 5.87. The Kier molecular flexibility index (Phi) is 30.6. The van der Waals surface area contributed by atoms with Crippen molar-refractivity contribution in [3.63, 3.8) is 0 Å². The van der Waals surface area contributed by atoms with E-state index in [2.05, 4.69) is 26.0 Å². The van der Waals surface area contributed by atoms with Crippen molar-refractivity contribution in [2.75, 3.05) is 0 Å². The Morgan fingerprint density at radius 1 is 0.429 bits per heavy atom. The van der Waals surface area contributed by atoms with Crippen LogP contribution in [0.5, 0.6) is 0 Å². The highest BCUT2D eigenvalue weighted by Crippen LogP contribution is 2.15. The molecule has 0 fully saturated rings. The van der Waals surface area contributed by atoms with Gasteiger partial charge in [-0.2, -0.15) is 0 Å². The average Bonchev–Trinajstić information content (AvgIpc) is 2.99. The molecule has 0 radical (unpaired) electrons. The van der Waals surface area contributed by atoms with Crippen molar-refractivity contribution < 1.29 is 24.9 Å². The minimum atomic E-state index is -1.74. The van der Waals surface area contributed by atoms with E-state index in [4.69, 9.17) is 0 Å². The minimum Gasteiger partial charge on any atom is -0.387 e. The van der Waals surface area contributed by atoms with Gasteiger partial charge < -0.3 is 15.3 Å². The van der Waals surface area contributed by atoms with Crippen LogP contribution in [0.15, 0.2) is 12.2 Å². The maximum Gasteiger partial charge on any atom is 0.164 e. The van der Waals surface area contributed by atoms with E-state index in [-0.39, 0.29) is 12.8 Å². The molecule has 0 spiro atoms. The number of rotatable bonds is 33. The Hall–Kier alpha value is -1.04. The summed E-state index contributed by atoms with van der Waals surface area (Å²) in [6.45, 7) is 4.49. The molecule has 0 aliphatic heterocycles. The molecule has 42 heavy (non-hydrogen) atoms. The molecule has 0 saturated heterocycles. The quantitative estimate of drug-likeness (QED) is 0.0519. The van der Waals surface area contributed by atoms with Crippen molar-refractivity contribution in [2.24, 2.45) is 0 Å². The number of hydrogen-bond donors (Lipinski definition) is 3. The fourth-order valence-electron chi connectivity index (χ4n) is 5.54. The van der Waals surface area contributed by atoms with Gasteiger partial charge in [0.05, 0.1) is 0 Å². The molecule has 3 atom stereocenters. The second-order valence-electron chi connectivity index (χ2n) is 12.6. The lowest BCUT2D eigenvalue weighted by atomic mass is 9.95. The smallest absolute Gasteiger partial charge is 0.164 e. The lowest BCUT2D eigenvalue weighted by Gasteiger charge is -2.21. The van der Waals surface area contributed by atoms with Gasteiger partial charge in [0.2, 0.25) is 0 Å². The molecule has 0 aromatic rings. The van der Waals surface area contributed by atoms with E-state index < -0.39 is 29.9 Å². The first kappa shape index (κ1) is 41.0. The number of unbranched alkanes of at least 4 members (excludes halogenated alkanes) is 23. The zero-order valence-electron chi connectivity index (χ0n) is 27.8. The molecule has 0 aromatic heterocycles. The molecule has 0 rings (SSSR count). The van der Waals surface area contributed by atoms with Crippen LogP contribution in [0.2, 0.25) is 0 Å². The predicted octanol–water partition coefficient (Wildman–Crippen LogP) is 9.73. The van der Waals surface area contributed by atoms with Gasteiger partial charge in [-0.3, -0.25) is 9.59 Å². The van der Waals surface area contributed by atoms with Gasteiger partial charge in [0.15, 0.2) is 11.6 Å². The summed E-state index contributed by atoms with van der Waals surface area (Å²) in [5.74, 6) is -0.980. The lowest BCUT2D eigenvalue weighted by Crippen LogP contribution is -2.45. The summed E-state index contributed by atoms with van der Waals surface area (Å²) < 4.78 is 0. The van der Waals surface area contributed by atoms with Crippen molar-refractivity contribution in [1.29, 1.82) is 0 Å². The Morgan fingerprint density at radius 3 is 1.00 bits per heavy atom. The van der Waals surface area contributed by atoms with Gasteiger partial charge in [0.1, 0.15) is 18.3 Å². The van der Waals surface area contributed by atoms with Crippen molar-refractivity contribution in [2.45, 2.75) is 212 Å². The zero-order chi connectivity index (χ0) is 31.1.